The molecule has 2 aromatic heterocycles. The number of alkyl halides is 7. The van der Waals surface area contributed by atoms with Gasteiger partial charge in [0.25, 0.3) is 24.2 Å². The van der Waals surface area contributed by atoms with Crippen LogP contribution in [0.25, 0.3) is 10.4 Å². The molecule has 3 rings (SSSR count). The van der Waals surface area contributed by atoms with Gasteiger partial charge in [0, 0.05) is 29.8 Å². The first-order valence-corrected chi connectivity index (χ1v) is 13.4. The SMILES string of the molecule is CC[C@H](Nc1cc(C(F)F)c(-c2sc(C(=O)N[C@H](C)C(C)(C)O)nc2C(=O)N2CC(F)(F)C[C@@H]2C)cn1)C(F)(F)F. The molecule has 0 radical (unpaired) electrons. The molecule has 0 aromatic carbocycles. The van der Waals surface area contributed by atoms with E-state index in [4.69, 9.17) is 0 Å². The lowest BCUT2D eigenvalue weighted by Gasteiger charge is -2.26. The van der Waals surface area contributed by atoms with Gasteiger partial charge in [0.2, 0.25) is 0 Å². The Morgan fingerprint density at radius 2 is 1.90 bits per heavy atom. The first-order valence-electron chi connectivity index (χ1n) is 12.6. The van der Waals surface area contributed by atoms with Gasteiger partial charge in [-0.2, -0.15) is 13.2 Å². The zero-order chi connectivity index (χ0) is 31.1. The third-order valence-corrected chi connectivity index (χ3v) is 7.85. The number of nitrogens with one attached hydrogen (secondary N) is 2. The van der Waals surface area contributed by atoms with E-state index in [1.54, 1.807) is 0 Å². The van der Waals surface area contributed by atoms with Gasteiger partial charge in [-0.05, 0) is 40.2 Å². The van der Waals surface area contributed by atoms with Gasteiger partial charge in [0.05, 0.1) is 23.1 Å². The van der Waals surface area contributed by atoms with E-state index in [9.17, 15) is 45.4 Å². The van der Waals surface area contributed by atoms with Crippen LogP contribution >= 0.6 is 11.3 Å². The van der Waals surface area contributed by atoms with Crippen LogP contribution in [-0.2, 0) is 0 Å². The van der Waals surface area contributed by atoms with E-state index >= 15 is 0 Å². The largest absolute Gasteiger partial charge is 0.408 e. The molecule has 1 fully saturated rings. The van der Waals surface area contributed by atoms with Crippen molar-refractivity contribution >= 4 is 29.0 Å². The highest BCUT2D eigenvalue weighted by Crippen LogP contribution is 2.40. The number of rotatable bonds is 9. The highest BCUT2D eigenvalue weighted by Gasteiger charge is 2.46. The lowest BCUT2D eigenvalue weighted by molar-refractivity contribution is -0.142. The Hall–Kier alpha value is -3.01. The Balaban J connectivity index is 2.12. The lowest BCUT2D eigenvalue weighted by Crippen LogP contribution is -2.47. The number of nitrogens with zero attached hydrogens (tertiary/aromatic N) is 3. The summed E-state index contributed by atoms with van der Waals surface area (Å²) in [6.07, 6.45) is -8.18. The summed E-state index contributed by atoms with van der Waals surface area (Å²) in [5.74, 6) is -5.62. The molecular formula is C25H30F7N5O3S. The number of carbonyl (C=O) groups excluding carboxylic acids is 2. The predicted octanol–water partition coefficient (Wildman–Crippen LogP) is 5.65. The van der Waals surface area contributed by atoms with Crippen molar-refractivity contribution in [2.75, 3.05) is 11.9 Å². The molecule has 0 spiro atoms. The van der Waals surface area contributed by atoms with Crippen LogP contribution in [0.15, 0.2) is 12.3 Å². The fourth-order valence-corrected chi connectivity index (χ4v) is 5.11. The Morgan fingerprint density at radius 3 is 2.39 bits per heavy atom. The molecule has 8 nitrogen and oxygen atoms in total. The molecule has 1 aliphatic heterocycles. The summed E-state index contributed by atoms with van der Waals surface area (Å²) < 4.78 is 96.3. The van der Waals surface area contributed by atoms with Gasteiger partial charge >= 0.3 is 6.18 Å². The fourth-order valence-electron chi connectivity index (χ4n) is 4.11. The first-order chi connectivity index (χ1) is 18.7. The first kappa shape index (κ1) is 32.5. The number of hydrogen-bond acceptors (Lipinski definition) is 7. The van der Waals surface area contributed by atoms with Gasteiger partial charge in [-0.15, -0.1) is 11.3 Å². The average Bonchev–Trinajstić information content (AvgIpc) is 3.40. The molecular weight excluding hydrogens is 583 g/mol. The maximum absolute atomic E-state index is 14.2. The maximum Gasteiger partial charge on any atom is 0.408 e. The van der Waals surface area contributed by atoms with Crippen LogP contribution < -0.4 is 10.6 Å². The van der Waals surface area contributed by atoms with Crippen molar-refractivity contribution in [1.29, 1.82) is 0 Å². The molecule has 1 aliphatic rings. The molecule has 41 heavy (non-hydrogen) atoms. The quantitative estimate of drug-likeness (QED) is 0.316. The van der Waals surface area contributed by atoms with Crippen molar-refractivity contribution in [3.63, 3.8) is 0 Å². The summed E-state index contributed by atoms with van der Waals surface area (Å²) in [5, 5.41) is 14.3. The van der Waals surface area contributed by atoms with Crippen molar-refractivity contribution in [2.24, 2.45) is 0 Å². The van der Waals surface area contributed by atoms with Crippen LogP contribution in [0.3, 0.4) is 0 Å². The van der Waals surface area contributed by atoms with Crippen LogP contribution in [0.5, 0.6) is 0 Å². The van der Waals surface area contributed by atoms with E-state index in [2.05, 4.69) is 20.6 Å². The zero-order valence-corrected chi connectivity index (χ0v) is 23.6. The van der Waals surface area contributed by atoms with Gasteiger partial charge in [0.15, 0.2) is 5.01 Å². The van der Waals surface area contributed by atoms with Crippen molar-refractivity contribution < 1.29 is 45.4 Å². The van der Waals surface area contributed by atoms with Crippen molar-refractivity contribution in [3.05, 3.63) is 28.5 Å². The van der Waals surface area contributed by atoms with Gasteiger partial charge in [-0.25, -0.2) is 27.5 Å². The molecule has 0 saturated carbocycles. The molecule has 0 bridgehead atoms. The summed E-state index contributed by atoms with van der Waals surface area (Å²) in [6.45, 7) is 6.00. The summed E-state index contributed by atoms with van der Waals surface area (Å²) in [4.78, 5) is 34.7. The monoisotopic (exact) mass is 613 g/mol. The predicted molar refractivity (Wildman–Crippen MR) is 137 cm³/mol. The standard InChI is InChI=1S/C25H30F7N5O3S/c1-6-15(25(30,31)32)35-16-7-13(19(26)27)14(9-33-16)18-17(22(39)37-10-24(28,29)8-11(37)2)36-21(41-18)20(38)34-12(3)23(4,5)40/h7,9,11-12,15,19,40H,6,8,10H2,1-5H3,(H,33,35)(H,34,38)/t11-,12+,15-/m0/s1. The number of halogens is 7. The molecule has 0 unspecified atom stereocenters. The summed E-state index contributed by atoms with van der Waals surface area (Å²) in [5.41, 5.74) is -3.15. The summed E-state index contributed by atoms with van der Waals surface area (Å²) in [7, 11) is 0. The number of aliphatic hydroxyl groups is 1. The zero-order valence-electron chi connectivity index (χ0n) is 22.7. The minimum absolute atomic E-state index is 0.296. The maximum atomic E-state index is 14.2. The van der Waals surface area contributed by atoms with Gasteiger partial charge in [-0.1, -0.05) is 6.92 Å². The van der Waals surface area contributed by atoms with E-state index in [1.165, 1.54) is 34.6 Å². The minimum atomic E-state index is -4.69. The Labute approximate surface area is 235 Å². The Kier molecular flexibility index (Phi) is 9.28. The summed E-state index contributed by atoms with van der Waals surface area (Å²) in [6, 6.07) is -3.13. The number of amides is 2. The molecule has 2 amide bonds. The van der Waals surface area contributed by atoms with Crippen molar-refractivity contribution in [3.8, 4) is 10.4 Å². The Bertz CT molecular complexity index is 1280. The number of aromatic nitrogens is 2. The number of anilines is 1. The number of carbonyl (C=O) groups is 2. The van der Waals surface area contributed by atoms with Crippen LogP contribution in [0.1, 0.15) is 79.7 Å². The van der Waals surface area contributed by atoms with Crippen molar-refractivity contribution in [1.82, 2.24) is 20.2 Å². The van der Waals surface area contributed by atoms with E-state index < -0.39 is 96.1 Å². The van der Waals surface area contributed by atoms with Gasteiger partial charge in [-0.3, -0.25) is 9.59 Å². The second-order valence-electron chi connectivity index (χ2n) is 10.5. The van der Waals surface area contributed by atoms with Gasteiger partial charge in [0.1, 0.15) is 17.6 Å². The van der Waals surface area contributed by atoms with E-state index in [-0.39, 0.29) is 9.88 Å². The number of thiazole rings is 1. The third-order valence-electron chi connectivity index (χ3n) is 6.76. The second kappa shape index (κ2) is 11.7. The molecule has 2 aromatic rings. The highest BCUT2D eigenvalue weighted by atomic mass is 32.1. The van der Waals surface area contributed by atoms with Crippen LogP contribution in [0.4, 0.5) is 36.6 Å². The molecule has 16 heteroatoms. The number of pyridine rings is 1. The molecule has 0 aliphatic carbocycles. The molecule has 3 heterocycles. The Morgan fingerprint density at radius 1 is 1.27 bits per heavy atom. The molecule has 3 N–H and O–H groups in total. The molecule has 1 saturated heterocycles. The van der Waals surface area contributed by atoms with Gasteiger partial charge < -0.3 is 20.6 Å². The third kappa shape index (κ3) is 7.45. The number of likely N-dealkylation sites (tertiary alicyclic amines) is 1. The molecule has 228 valence electrons. The normalized spacial score (nSPS) is 18.9. The lowest BCUT2D eigenvalue weighted by atomic mass is 10.0. The topological polar surface area (TPSA) is 107 Å². The minimum Gasteiger partial charge on any atom is -0.388 e. The van der Waals surface area contributed by atoms with E-state index in [0.29, 0.717) is 17.4 Å². The average molecular weight is 614 g/mol. The second-order valence-corrected chi connectivity index (χ2v) is 11.5. The van der Waals surface area contributed by atoms with E-state index in [0.717, 1.165) is 11.1 Å². The summed E-state index contributed by atoms with van der Waals surface area (Å²) >= 11 is 0.508. The molecule has 3 atom stereocenters. The van der Waals surface area contributed by atoms with Crippen LogP contribution in [0, 0.1) is 0 Å². The smallest absolute Gasteiger partial charge is 0.388 e. The number of hydrogen-bond donors (Lipinski definition) is 3. The highest BCUT2D eigenvalue weighted by molar-refractivity contribution is 7.17. The van der Waals surface area contributed by atoms with E-state index in [1.807, 2.05) is 0 Å². The van der Waals surface area contributed by atoms with Crippen molar-refractivity contribution in [2.45, 2.75) is 89.7 Å². The fraction of sp³-hybridized carbons (Fsp3) is 0.600. The van der Waals surface area contributed by atoms with Crippen LogP contribution in [0.2, 0.25) is 0 Å². The van der Waals surface area contributed by atoms with Crippen LogP contribution in [-0.4, -0.2) is 74.2 Å².